The van der Waals surface area contributed by atoms with Crippen molar-refractivity contribution in [2.24, 2.45) is 0 Å². The highest BCUT2D eigenvalue weighted by Crippen LogP contribution is 2.31. The van der Waals surface area contributed by atoms with Crippen molar-refractivity contribution >= 4 is 11.9 Å². The van der Waals surface area contributed by atoms with Crippen LogP contribution in [-0.2, 0) is 15.7 Å². The van der Waals surface area contributed by atoms with Gasteiger partial charge in [0.25, 0.3) is 5.91 Å². The molecule has 0 saturated heterocycles. The molecule has 1 aromatic carbocycles. The summed E-state index contributed by atoms with van der Waals surface area (Å²) in [5, 5.41) is 2.30. The Balaban J connectivity index is 2.03. The molecule has 0 spiro atoms. The van der Waals surface area contributed by atoms with Crippen molar-refractivity contribution in [3.63, 3.8) is 0 Å². The van der Waals surface area contributed by atoms with Crippen molar-refractivity contribution in [2.45, 2.75) is 129 Å². The lowest BCUT2D eigenvalue weighted by molar-refractivity contribution is -0.145. The van der Waals surface area contributed by atoms with Gasteiger partial charge in [-0.3, -0.25) is 4.79 Å². The molecule has 1 N–H and O–H groups in total. The highest BCUT2D eigenvalue weighted by Gasteiger charge is 2.35. The molecular formula is C29H46F3NO3. The second-order valence-electron chi connectivity index (χ2n) is 9.71. The smallest absolute Gasteiger partial charge is 0.417 e. The van der Waals surface area contributed by atoms with E-state index < -0.39 is 35.2 Å². The number of halogens is 3. The second kappa shape index (κ2) is 19.1. The average molecular weight is 514 g/mol. The van der Waals surface area contributed by atoms with E-state index in [0.29, 0.717) is 0 Å². The molecule has 1 atom stereocenters. The van der Waals surface area contributed by atoms with Gasteiger partial charge in [0, 0.05) is 0 Å². The second-order valence-corrected chi connectivity index (χ2v) is 9.71. The molecule has 0 saturated carbocycles. The van der Waals surface area contributed by atoms with Crippen molar-refractivity contribution in [3.8, 4) is 0 Å². The topological polar surface area (TPSA) is 55.4 Å². The highest BCUT2D eigenvalue weighted by atomic mass is 19.4. The first-order valence-corrected chi connectivity index (χ1v) is 13.9. The van der Waals surface area contributed by atoms with Crippen LogP contribution in [0.5, 0.6) is 0 Å². The van der Waals surface area contributed by atoms with Crippen molar-refractivity contribution < 1.29 is 27.5 Å². The van der Waals surface area contributed by atoms with Gasteiger partial charge in [-0.05, 0) is 25.5 Å². The summed E-state index contributed by atoms with van der Waals surface area (Å²) in [5.74, 6) is -1.59. The van der Waals surface area contributed by atoms with Crippen LogP contribution in [0.3, 0.4) is 0 Å². The number of carbonyl (C=O) groups is 2. The van der Waals surface area contributed by atoms with Crippen LogP contribution in [-0.4, -0.2) is 24.5 Å². The lowest BCUT2D eigenvalue weighted by Crippen LogP contribution is -2.40. The molecule has 0 aromatic heterocycles. The van der Waals surface area contributed by atoms with Crippen LogP contribution >= 0.6 is 0 Å². The Hall–Kier alpha value is -2.05. The molecule has 1 rings (SSSR count). The van der Waals surface area contributed by atoms with Crippen LogP contribution < -0.4 is 5.32 Å². The number of hydrogen-bond donors (Lipinski definition) is 1. The van der Waals surface area contributed by atoms with Gasteiger partial charge in [-0.2, -0.15) is 13.2 Å². The van der Waals surface area contributed by atoms with Crippen molar-refractivity contribution in [2.75, 3.05) is 6.61 Å². The molecule has 36 heavy (non-hydrogen) atoms. The lowest BCUT2D eigenvalue weighted by atomic mass is 10.0. The number of amides is 1. The van der Waals surface area contributed by atoms with E-state index in [0.717, 1.165) is 31.4 Å². The number of esters is 1. The number of nitrogens with one attached hydrogen (secondary N) is 1. The SMILES string of the molecule is CCCCCCCCCCCCCCCCCCOC(=O)[C@H](C)NC(=O)c1ccccc1C(F)(F)F. The van der Waals surface area contributed by atoms with Gasteiger partial charge in [-0.1, -0.05) is 115 Å². The molecule has 0 radical (unpaired) electrons. The minimum absolute atomic E-state index is 0.247. The first-order chi connectivity index (χ1) is 17.3. The third-order valence-corrected chi connectivity index (χ3v) is 6.42. The van der Waals surface area contributed by atoms with Crippen LogP contribution in [0.2, 0.25) is 0 Å². The summed E-state index contributed by atoms with van der Waals surface area (Å²) in [4.78, 5) is 24.3. The Kier molecular flexibility index (Phi) is 17.0. The van der Waals surface area contributed by atoms with Crippen LogP contribution in [0.25, 0.3) is 0 Å². The summed E-state index contributed by atoms with van der Waals surface area (Å²) in [5.41, 5.74) is -1.54. The molecule has 0 aliphatic carbocycles. The maximum atomic E-state index is 13.1. The molecule has 1 aromatic rings. The Morgan fingerprint density at radius 3 is 1.69 bits per heavy atom. The van der Waals surface area contributed by atoms with E-state index in [1.54, 1.807) is 0 Å². The van der Waals surface area contributed by atoms with Crippen LogP contribution in [0.4, 0.5) is 13.2 Å². The number of carbonyl (C=O) groups excluding carboxylic acids is 2. The van der Waals surface area contributed by atoms with Crippen LogP contribution in [0.1, 0.15) is 133 Å². The van der Waals surface area contributed by atoms with Gasteiger partial charge in [0.15, 0.2) is 0 Å². The summed E-state index contributed by atoms with van der Waals surface area (Å²) in [6.45, 7) is 3.90. The summed E-state index contributed by atoms with van der Waals surface area (Å²) in [6, 6.07) is 3.47. The molecule has 0 bridgehead atoms. The number of rotatable bonds is 20. The summed E-state index contributed by atoms with van der Waals surface area (Å²) in [7, 11) is 0. The Bertz CT molecular complexity index is 737. The zero-order valence-electron chi connectivity index (χ0n) is 22.3. The highest BCUT2D eigenvalue weighted by molar-refractivity contribution is 5.98. The lowest BCUT2D eigenvalue weighted by Gasteiger charge is -2.16. The van der Waals surface area contributed by atoms with E-state index in [1.165, 1.54) is 103 Å². The van der Waals surface area contributed by atoms with E-state index in [9.17, 15) is 22.8 Å². The number of ether oxygens (including phenoxy) is 1. The average Bonchev–Trinajstić information content (AvgIpc) is 2.85. The maximum Gasteiger partial charge on any atom is 0.417 e. The van der Waals surface area contributed by atoms with Gasteiger partial charge < -0.3 is 10.1 Å². The van der Waals surface area contributed by atoms with E-state index >= 15 is 0 Å². The quantitative estimate of drug-likeness (QED) is 0.140. The van der Waals surface area contributed by atoms with E-state index in [4.69, 9.17) is 4.74 Å². The molecule has 0 unspecified atom stereocenters. The fourth-order valence-electron chi connectivity index (χ4n) is 4.21. The van der Waals surface area contributed by atoms with E-state index in [1.807, 2.05) is 0 Å². The molecule has 7 heteroatoms. The van der Waals surface area contributed by atoms with Gasteiger partial charge in [0.1, 0.15) is 6.04 Å². The summed E-state index contributed by atoms with van der Waals surface area (Å²) >= 11 is 0. The molecule has 206 valence electrons. The van der Waals surface area contributed by atoms with E-state index in [-0.39, 0.29) is 6.61 Å². The minimum Gasteiger partial charge on any atom is -0.464 e. The normalized spacial score (nSPS) is 12.4. The largest absolute Gasteiger partial charge is 0.464 e. The summed E-state index contributed by atoms with van der Waals surface area (Å²) < 4.78 is 44.4. The molecule has 4 nitrogen and oxygen atoms in total. The molecular weight excluding hydrogens is 467 g/mol. The van der Waals surface area contributed by atoms with Gasteiger partial charge in [0.2, 0.25) is 0 Å². The maximum absolute atomic E-state index is 13.1. The minimum atomic E-state index is -4.65. The third-order valence-electron chi connectivity index (χ3n) is 6.42. The van der Waals surface area contributed by atoms with Crippen LogP contribution in [0.15, 0.2) is 24.3 Å². The number of benzene rings is 1. The molecule has 1 amide bonds. The molecule has 0 aliphatic heterocycles. The monoisotopic (exact) mass is 513 g/mol. The Morgan fingerprint density at radius 2 is 1.22 bits per heavy atom. The van der Waals surface area contributed by atoms with Crippen LogP contribution in [0, 0.1) is 0 Å². The van der Waals surface area contributed by atoms with Gasteiger partial charge in [-0.15, -0.1) is 0 Å². The molecule has 0 fully saturated rings. The zero-order valence-corrected chi connectivity index (χ0v) is 22.3. The Labute approximate surface area is 215 Å². The fraction of sp³-hybridized carbons (Fsp3) is 0.724. The van der Waals surface area contributed by atoms with Gasteiger partial charge in [-0.25, -0.2) is 4.79 Å². The first kappa shape index (κ1) is 32.0. The van der Waals surface area contributed by atoms with Crippen molar-refractivity contribution in [1.29, 1.82) is 0 Å². The van der Waals surface area contributed by atoms with Gasteiger partial charge in [0.05, 0.1) is 17.7 Å². The number of alkyl halides is 3. The predicted octanol–water partition coefficient (Wildman–Crippen LogP) is 8.63. The Morgan fingerprint density at radius 1 is 0.778 bits per heavy atom. The molecule has 0 aliphatic rings. The predicted molar refractivity (Wildman–Crippen MR) is 139 cm³/mol. The number of hydrogen-bond acceptors (Lipinski definition) is 3. The molecule has 0 heterocycles. The zero-order chi connectivity index (χ0) is 26.7. The van der Waals surface area contributed by atoms with Gasteiger partial charge >= 0.3 is 12.1 Å². The van der Waals surface area contributed by atoms with Crippen molar-refractivity contribution in [3.05, 3.63) is 35.4 Å². The standard InChI is InChI=1S/C29H46F3NO3/c1-3-4-5-6-7-8-9-10-11-12-13-14-15-16-17-20-23-36-28(35)24(2)33-27(34)25-21-18-19-22-26(25)29(30,31)32/h18-19,21-22,24H,3-17,20,23H2,1-2H3,(H,33,34)/t24-/m0/s1. The number of unbranched alkanes of at least 4 members (excludes halogenated alkanes) is 15. The third kappa shape index (κ3) is 14.5. The van der Waals surface area contributed by atoms with Crippen molar-refractivity contribution in [1.82, 2.24) is 5.32 Å². The fourth-order valence-corrected chi connectivity index (χ4v) is 4.21. The summed E-state index contributed by atoms with van der Waals surface area (Å²) in [6.07, 6.45) is 15.4. The first-order valence-electron chi connectivity index (χ1n) is 13.9. The van der Waals surface area contributed by atoms with E-state index in [2.05, 4.69) is 12.2 Å².